The van der Waals surface area contributed by atoms with E-state index in [0.29, 0.717) is 0 Å². The molecule has 0 amide bonds. The molecular formula is C12H10N4. The first-order valence-corrected chi connectivity index (χ1v) is 5.08. The van der Waals surface area contributed by atoms with Gasteiger partial charge in [-0.05, 0) is 19.1 Å². The van der Waals surface area contributed by atoms with Gasteiger partial charge >= 0.3 is 0 Å². The minimum absolute atomic E-state index is 0.797. The first kappa shape index (κ1) is 9.03. The van der Waals surface area contributed by atoms with E-state index in [2.05, 4.69) is 15.1 Å². The van der Waals surface area contributed by atoms with Crippen molar-refractivity contribution in [3.63, 3.8) is 0 Å². The summed E-state index contributed by atoms with van der Waals surface area (Å²) < 4.78 is 1.82. The Bertz CT molecular complexity index is 628. The van der Waals surface area contributed by atoms with Gasteiger partial charge in [0.15, 0.2) is 5.65 Å². The number of para-hydroxylation sites is 1. The molecule has 0 unspecified atom stereocenters. The fourth-order valence-corrected chi connectivity index (χ4v) is 1.73. The number of hydrogen-bond donors (Lipinski definition) is 0. The van der Waals surface area contributed by atoms with Crippen molar-refractivity contribution in [3.05, 3.63) is 48.4 Å². The van der Waals surface area contributed by atoms with Crippen LogP contribution in [-0.4, -0.2) is 19.7 Å². The fourth-order valence-electron chi connectivity index (χ4n) is 1.73. The van der Waals surface area contributed by atoms with Crippen LogP contribution in [0, 0.1) is 6.92 Å². The summed E-state index contributed by atoms with van der Waals surface area (Å²) in [6, 6.07) is 9.94. The molecule has 0 spiro atoms. The van der Waals surface area contributed by atoms with Gasteiger partial charge in [-0.1, -0.05) is 18.2 Å². The van der Waals surface area contributed by atoms with Gasteiger partial charge in [0.2, 0.25) is 0 Å². The predicted molar refractivity (Wildman–Crippen MR) is 61.4 cm³/mol. The average molecular weight is 210 g/mol. The molecule has 0 aliphatic rings. The first-order chi connectivity index (χ1) is 7.86. The van der Waals surface area contributed by atoms with Crippen LogP contribution in [-0.2, 0) is 0 Å². The zero-order valence-corrected chi connectivity index (χ0v) is 8.83. The number of fused-ring (bicyclic) bond motifs is 1. The summed E-state index contributed by atoms with van der Waals surface area (Å²) in [7, 11) is 0. The maximum absolute atomic E-state index is 4.45. The summed E-state index contributed by atoms with van der Waals surface area (Å²) in [5.74, 6) is 0. The van der Waals surface area contributed by atoms with Crippen molar-refractivity contribution in [1.29, 1.82) is 0 Å². The largest absolute Gasteiger partial charge is 0.249 e. The quantitative estimate of drug-likeness (QED) is 0.618. The van der Waals surface area contributed by atoms with E-state index in [-0.39, 0.29) is 0 Å². The van der Waals surface area contributed by atoms with Crippen molar-refractivity contribution < 1.29 is 0 Å². The van der Waals surface area contributed by atoms with E-state index in [1.165, 1.54) is 0 Å². The molecule has 0 N–H and O–H groups in total. The summed E-state index contributed by atoms with van der Waals surface area (Å²) in [5.41, 5.74) is 3.55. The van der Waals surface area contributed by atoms with Gasteiger partial charge in [-0.25, -0.2) is 14.6 Å². The van der Waals surface area contributed by atoms with Gasteiger partial charge in [0.25, 0.3) is 0 Å². The summed E-state index contributed by atoms with van der Waals surface area (Å²) in [4.78, 5) is 8.60. The van der Waals surface area contributed by atoms with E-state index >= 15 is 0 Å². The molecule has 0 aliphatic carbocycles. The number of aryl methyl sites for hydroxylation is 1. The third-order valence-electron chi connectivity index (χ3n) is 2.47. The minimum atomic E-state index is 0.797. The van der Waals surface area contributed by atoms with E-state index in [9.17, 15) is 0 Å². The van der Waals surface area contributed by atoms with Crippen LogP contribution in [0.2, 0.25) is 0 Å². The van der Waals surface area contributed by atoms with Crippen LogP contribution >= 0.6 is 0 Å². The predicted octanol–water partition coefficient (Wildman–Crippen LogP) is 2.12. The summed E-state index contributed by atoms with van der Waals surface area (Å²) in [5, 5.41) is 4.45. The van der Waals surface area contributed by atoms with Crippen LogP contribution in [0.3, 0.4) is 0 Å². The molecule has 4 heteroatoms. The smallest absolute Gasteiger partial charge is 0.181 e. The zero-order valence-electron chi connectivity index (χ0n) is 8.83. The highest BCUT2D eigenvalue weighted by Gasteiger charge is 2.09. The number of benzene rings is 1. The van der Waals surface area contributed by atoms with Crippen molar-refractivity contribution in [2.75, 3.05) is 0 Å². The lowest BCUT2D eigenvalue weighted by atomic mass is 10.3. The monoisotopic (exact) mass is 210 g/mol. The van der Waals surface area contributed by atoms with Crippen molar-refractivity contribution >= 4 is 11.2 Å². The third-order valence-corrected chi connectivity index (χ3v) is 2.47. The third kappa shape index (κ3) is 1.27. The van der Waals surface area contributed by atoms with E-state index < -0.39 is 0 Å². The van der Waals surface area contributed by atoms with Crippen LogP contribution in [0.1, 0.15) is 5.69 Å². The molecule has 0 atom stereocenters. The number of rotatable bonds is 1. The maximum Gasteiger partial charge on any atom is 0.181 e. The molecule has 0 bridgehead atoms. The summed E-state index contributed by atoms with van der Waals surface area (Å²) >= 11 is 0. The first-order valence-electron chi connectivity index (χ1n) is 5.08. The van der Waals surface area contributed by atoms with Gasteiger partial charge in [-0.2, -0.15) is 5.10 Å². The Morgan fingerprint density at radius 3 is 2.56 bits per heavy atom. The molecule has 78 valence electrons. The van der Waals surface area contributed by atoms with Crippen LogP contribution in [0.15, 0.2) is 42.7 Å². The molecule has 16 heavy (non-hydrogen) atoms. The zero-order chi connectivity index (χ0) is 11.0. The lowest BCUT2D eigenvalue weighted by Gasteiger charge is -2.00. The maximum atomic E-state index is 4.45. The van der Waals surface area contributed by atoms with Gasteiger partial charge in [0.05, 0.1) is 11.4 Å². The van der Waals surface area contributed by atoms with E-state index in [1.54, 1.807) is 12.4 Å². The fraction of sp³-hybridized carbons (Fsp3) is 0.0833. The van der Waals surface area contributed by atoms with Crippen LogP contribution in [0.5, 0.6) is 0 Å². The highest BCUT2D eigenvalue weighted by molar-refractivity contribution is 5.74. The van der Waals surface area contributed by atoms with E-state index in [0.717, 1.165) is 22.5 Å². The second kappa shape index (κ2) is 3.41. The van der Waals surface area contributed by atoms with Crippen LogP contribution in [0.25, 0.3) is 16.9 Å². The molecule has 3 aromatic rings. The van der Waals surface area contributed by atoms with Crippen molar-refractivity contribution in [1.82, 2.24) is 19.7 Å². The highest BCUT2D eigenvalue weighted by atomic mass is 15.3. The van der Waals surface area contributed by atoms with Gasteiger partial charge in [-0.3, -0.25) is 0 Å². The Hall–Kier alpha value is -2.23. The van der Waals surface area contributed by atoms with Crippen LogP contribution < -0.4 is 0 Å². The van der Waals surface area contributed by atoms with Gasteiger partial charge in [0.1, 0.15) is 5.52 Å². The Kier molecular flexibility index (Phi) is 1.93. The van der Waals surface area contributed by atoms with Gasteiger partial charge in [0, 0.05) is 12.4 Å². The van der Waals surface area contributed by atoms with Crippen molar-refractivity contribution in [2.45, 2.75) is 6.92 Å². The summed E-state index contributed by atoms with van der Waals surface area (Å²) in [6.45, 7) is 1.94. The molecule has 3 rings (SSSR count). The van der Waals surface area contributed by atoms with E-state index in [1.807, 2.05) is 41.9 Å². The molecular weight excluding hydrogens is 200 g/mol. The Balaban J connectivity index is 2.33. The summed E-state index contributed by atoms with van der Waals surface area (Å²) in [6.07, 6.45) is 3.37. The van der Waals surface area contributed by atoms with Crippen LogP contribution in [0.4, 0.5) is 0 Å². The van der Waals surface area contributed by atoms with Crippen molar-refractivity contribution in [2.24, 2.45) is 0 Å². The SMILES string of the molecule is Cc1nn(-c2ccccc2)c2nccnc12. The molecule has 2 aromatic heterocycles. The molecule has 0 saturated heterocycles. The number of hydrogen-bond acceptors (Lipinski definition) is 3. The molecule has 0 aliphatic heterocycles. The molecule has 2 heterocycles. The molecule has 0 saturated carbocycles. The molecule has 4 nitrogen and oxygen atoms in total. The Morgan fingerprint density at radius 1 is 1.00 bits per heavy atom. The average Bonchev–Trinajstić information content (AvgIpc) is 2.69. The Morgan fingerprint density at radius 2 is 1.75 bits per heavy atom. The molecule has 0 fully saturated rings. The lowest BCUT2D eigenvalue weighted by molar-refractivity contribution is 0.877. The lowest BCUT2D eigenvalue weighted by Crippen LogP contribution is -1.97. The standard InChI is InChI=1S/C12H10N4/c1-9-11-12(14-8-7-13-11)16(15-9)10-5-3-2-4-6-10/h2-8H,1H3. The molecule has 1 aromatic carbocycles. The normalized spacial score (nSPS) is 10.8. The topological polar surface area (TPSA) is 43.6 Å². The number of nitrogens with zero attached hydrogens (tertiary/aromatic N) is 4. The minimum Gasteiger partial charge on any atom is -0.249 e. The second-order valence-electron chi connectivity index (χ2n) is 3.56. The highest BCUT2D eigenvalue weighted by Crippen LogP contribution is 2.16. The van der Waals surface area contributed by atoms with Crippen molar-refractivity contribution in [3.8, 4) is 5.69 Å². The van der Waals surface area contributed by atoms with E-state index in [4.69, 9.17) is 0 Å². The second-order valence-corrected chi connectivity index (χ2v) is 3.56. The Labute approximate surface area is 92.6 Å². The molecule has 0 radical (unpaired) electrons. The van der Waals surface area contributed by atoms with Gasteiger partial charge < -0.3 is 0 Å². The van der Waals surface area contributed by atoms with Gasteiger partial charge in [-0.15, -0.1) is 0 Å². The number of aromatic nitrogens is 4.